The second-order valence-corrected chi connectivity index (χ2v) is 7.90. The Balaban J connectivity index is 1.67. The van der Waals surface area contributed by atoms with Crippen molar-refractivity contribution < 1.29 is 29.0 Å². The number of carbonyl (C=O) groups is 3. The number of alkyl carbamates (subject to hydrolysis) is 1. The van der Waals surface area contributed by atoms with E-state index in [1.54, 1.807) is 14.0 Å². The summed E-state index contributed by atoms with van der Waals surface area (Å²) in [7, 11) is 1.55. The molecule has 8 heteroatoms. The Labute approximate surface area is 193 Å². The van der Waals surface area contributed by atoms with Crippen LogP contribution in [0.25, 0.3) is 11.1 Å². The van der Waals surface area contributed by atoms with Crippen LogP contribution in [0.2, 0.25) is 0 Å². The van der Waals surface area contributed by atoms with E-state index in [4.69, 9.17) is 14.6 Å². The minimum absolute atomic E-state index is 0.0926. The fourth-order valence-electron chi connectivity index (χ4n) is 4.20. The van der Waals surface area contributed by atoms with Crippen molar-refractivity contribution in [2.75, 3.05) is 33.4 Å². The molecule has 0 saturated heterocycles. The van der Waals surface area contributed by atoms with Crippen molar-refractivity contribution in [1.82, 2.24) is 10.2 Å². The molecule has 2 amide bonds. The van der Waals surface area contributed by atoms with Gasteiger partial charge in [-0.05, 0) is 42.0 Å². The standard InChI is InChI=1S/C25H30N2O6/c1-3-27(15-23(28)29)24(30)22(13-8-14-32-2)26-25(31)33-16-21-19-11-6-4-9-17(19)18-10-5-7-12-20(18)21/h4-7,9-12,21-22H,3,8,13-16H2,1-2H3,(H,26,31)(H,28,29). The molecule has 1 aliphatic carbocycles. The zero-order valence-corrected chi connectivity index (χ0v) is 19.0. The number of hydrogen-bond donors (Lipinski definition) is 2. The van der Waals surface area contributed by atoms with E-state index in [1.165, 1.54) is 4.90 Å². The van der Waals surface area contributed by atoms with Crippen LogP contribution in [0.3, 0.4) is 0 Å². The van der Waals surface area contributed by atoms with Crippen LogP contribution in [-0.2, 0) is 19.1 Å². The number of carbonyl (C=O) groups excluding carboxylic acids is 2. The third kappa shape index (κ3) is 5.90. The van der Waals surface area contributed by atoms with E-state index in [-0.39, 0.29) is 19.1 Å². The maximum absolute atomic E-state index is 12.9. The summed E-state index contributed by atoms with van der Waals surface area (Å²) < 4.78 is 10.6. The number of benzene rings is 2. The molecule has 1 aliphatic rings. The monoisotopic (exact) mass is 454 g/mol. The maximum atomic E-state index is 12.9. The lowest BCUT2D eigenvalue weighted by atomic mass is 9.98. The van der Waals surface area contributed by atoms with Gasteiger partial charge >= 0.3 is 12.1 Å². The Bertz CT molecular complexity index is 947. The van der Waals surface area contributed by atoms with Crippen LogP contribution in [0.15, 0.2) is 48.5 Å². The molecule has 0 bridgehead atoms. The molecule has 2 N–H and O–H groups in total. The summed E-state index contributed by atoms with van der Waals surface area (Å²) in [6.45, 7) is 2.04. The minimum Gasteiger partial charge on any atom is -0.480 e. The van der Waals surface area contributed by atoms with E-state index >= 15 is 0 Å². The van der Waals surface area contributed by atoms with Crippen molar-refractivity contribution in [3.8, 4) is 11.1 Å². The molecule has 8 nitrogen and oxygen atoms in total. The highest BCUT2D eigenvalue weighted by molar-refractivity contribution is 5.88. The van der Waals surface area contributed by atoms with E-state index in [2.05, 4.69) is 17.4 Å². The molecule has 33 heavy (non-hydrogen) atoms. The number of carboxylic acids is 1. The molecular formula is C25H30N2O6. The van der Waals surface area contributed by atoms with Gasteiger partial charge in [-0.25, -0.2) is 4.79 Å². The first-order valence-corrected chi connectivity index (χ1v) is 11.1. The molecule has 0 spiro atoms. The Morgan fingerprint density at radius 1 is 1.06 bits per heavy atom. The molecule has 0 fully saturated rings. The normalized spacial score (nSPS) is 13.0. The molecule has 0 radical (unpaired) electrons. The number of likely N-dealkylation sites (N-methyl/N-ethyl adjacent to an activating group) is 1. The fraction of sp³-hybridized carbons (Fsp3) is 0.400. The first kappa shape index (κ1) is 24.3. The molecule has 2 aromatic rings. The van der Waals surface area contributed by atoms with Crippen molar-refractivity contribution >= 4 is 18.0 Å². The number of rotatable bonds is 11. The number of nitrogens with zero attached hydrogens (tertiary/aromatic N) is 1. The molecule has 2 aromatic carbocycles. The summed E-state index contributed by atoms with van der Waals surface area (Å²) in [5, 5.41) is 11.7. The van der Waals surface area contributed by atoms with Crippen molar-refractivity contribution in [3.63, 3.8) is 0 Å². The second-order valence-electron chi connectivity index (χ2n) is 7.90. The highest BCUT2D eigenvalue weighted by Gasteiger charge is 2.30. The smallest absolute Gasteiger partial charge is 0.407 e. The van der Waals surface area contributed by atoms with Crippen molar-refractivity contribution in [3.05, 3.63) is 59.7 Å². The fourth-order valence-corrected chi connectivity index (χ4v) is 4.20. The number of methoxy groups -OCH3 is 1. The molecule has 176 valence electrons. The van der Waals surface area contributed by atoms with Crippen LogP contribution in [0.1, 0.15) is 36.8 Å². The van der Waals surface area contributed by atoms with Crippen LogP contribution in [0.4, 0.5) is 4.79 Å². The third-order valence-electron chi connectivity index (χ3n) is 5.79. The Morgan fingerprint density at radius 3 is 2.21 bits per heavy atom. The Morgan fingerprint density at radius 2 is 1.67 bits per heavy atom. The molecule has 3 rings (SSSR count). The first-order valence-electron chi connectivity index (χ1n) is 11.1. The topological polar surface area (TPSA) is 105 Å². The van der Waals surface area contributed by atoms with E-state index in [1.807, 2.05) is 36.4 Å². The Kier molecular flexibility index (Phi) is 8.43. The summed E-state index contributed by atoms with van der Waals surface area (Å²) in [6.07, 6.45) is 0.132. The quantitative estimate of drug-likeness (QED) is 0.505. The number of amides is 2. The van der Waals surface area contributed by atoms with Crippen LogP contribution in [0.5, 0.6) is 0 Å². The lowest BCUT2D eigenvalue weighted by Gasteiger charge is -2.25. The zero-order valence-electron chi connectivity index (χ0n) is 19.0. The van der Waals surface area contributed by atoms with Gasteiger partial charge in [0.2, 0.25) is 5.91 Å². The van der Waals surface area contributed by atoms with Gasteiger partial charge in [0.25, 0.3) is 0 Å². The van der Waals surface area contributed by atoms with Gasteiger partial charge in [0.05, 0.1) is 0 Å². The molecule has 0 aromatic heterocycles. The van der Waals surface area contributed by atoms with Gasteiger partial charge in [0, 0.05) is 26.2 Å². The second kappa shape index (κ2) is 11.5. The lowest BCUT2D eigenvalue weighted by molar-refractivity contribution is -0.145. The van der Waals surface area contributed by atoms with E-state index in [0.29, 0.717) is 19.4 Å². The minimum atomic E-state index is -1.11. The first-order chi connectivity index (χ1) is 16.0. The van der Waals surface area contributed by atoms with Crippen LogP contribution < -0.4 is 5.32 Å². The number of carboxylic acid groups (broad SMARTS) is 1. The summed E-state index contributed by atoms with van der Waals surface area (Å²) in [5.41, 5.74) is 4.44. The van der Waals surface area contributed by atoms with E-state index in [9.17, 15) is 14.4 Å². The summed E-state index contributed by atoms with van der Waals surface area (Å²) in [6, 6.07) is 15.2. The number of hydrogen-bond acceptors (Lipinski definition) is 5. The maximum Gasteiger partial charge on any atom is 0.407 e. The van der Waals surface area contributed by atoms with Gasteiger partial charge < -0.3 is 24.8 Å². The molecule has 1 unspecified atom stereocenters. The molecule has 0 saturated carbocycles. The van der Waals surface area contributed by atoms with Gasteiger partial charge in [0.15, 0.2) is 0 Å². The van der Waals surface area contributed by atoms with Gasteiger partial charge in [0.1, 0.15) is 19.2 Å². The van der Waals surface area contributed by atoms with Crippen LogP contribution >= 0.6 is 0 Å². The predicted molar refractivity (Wildman–Crippen MR) is 123 cm³/mol. The SMILES string of the molecule is CCN(CC(=O)O)C(=O)C(CCCOC)NC(=O)OCC1c2ccccc2-c2ccccc21. The Hall–Kier alpha value is -3.39. The average Bonchev–Trinajstić information content (AvgIpc) is 3.14. The molecular weight excluding hydrogens is 424 g/mol. The molecule has 0 heterocycles. The van der Waals surface area contributed by atoms with Gasteiger partial charge in [-0.15, -0.1) is 0 Å². The van der Waals surface area contributed by atoms with Gasteiger partial charge in [-0.2, -0.15) is 0 Å². The number of fused-ring (bicyclic) bond motifs is 3. The zero-order chi connectivity index (χ0) is 23.8. The van der Waals surface area contributed by atoms with Crippen LogP contribution in [-0.4, -0.2) is 67.4 Å². The van der Waals surface area contributed by atoms with Crippen LogP contribution in [0, 0.1) is 0 Å². The van der Waals surface area contributed by atoms with Gasteiger partial charge in [-0.1, -0.05) is 48.5 Å². The molecule has 0 aliphatic heterocycles. The largest absolute Gasteiger partial charge is 0.480 e. The summed E-state index contributed by atoms with van der Waals surface area (Å²) in [5.74, 6) is -1.66. The molecule has 1 atom stereocenters. The number of aliphatic carboxylic acids is 1. The number of nitrogens with one attached hydrogen (secondary N) is 1. The highest BCUT2D eigenvalue weighted by atomic mass is 16.5. The van der Waals surface area contributed by atoms with E-state index in [0.717, 1.165) is 22.3 Å². The van der Waals surface area contributed by atoms with Crippen molar-refractivity contribution in [2.24, 2.45) is 0 Å². The number of ether oxygens (including phenoxy) is 2. The predicted octanol–water partition coefficient (Wildman–Crippen LogP) is 3.25. The van der Waals surface area contributed by atoms with Crippen molar-refractivity contribution in [1.29, 1.82) is 0 Å². The van der Waals surface area contributed by atoms with Gasteiger partial charge in [-0.3, -0.25) is 9.59 Å². The lowest BCUT2D eigenvalue weighted by Crippen LogP contribution is -2.50. The van der Waals surface area contributed by atoms with E-state index < -0.39 is 30.6 Å². The average molecular weight is 455 g/mol. The van der Waals surface area contributed by atoms with Crippen molar-refractivity contribution in [2.45, 2.75) is 31.7 Å². The third-order valence-corrected chi connectivity index (χ3v) is 5.79. The summed E-state index contributed by atoms with van der Waals surface area (Å²) in [4.78, 5) is 37.8. The highest BCUT2D eigenvalue weighted by Crippen LogP contribution is 2.44. The summed E-state index contributed by atoms with van der Waals surface area (Å²) >= 11 is 0.